The highest BCUT2D eigenvalue weighted by Crippen LogP contribution is 2.32. The molecule has 1 aliphatic carbocycles. The van der Waals surface area contributed by atoms with Gasteiger partial charge in [0.2, 0.25) is 15.9 Å². The van der Waals surface area contributed by atoms with Gasteiger partial charge in [-0.15, -0.1) is 0 Å². The number of nitrogens with zero attached hydrogens (tertiary/aromatic N) is 1. The molecule has 10 heteroatoms. The molecule has 0 saturated heterocycles. The smallest absolute Gasteiger partial charge is 0.339 e. The number of carbonyl (C=O) groups is 2. The molecular formula is C23H27ClN2O6S. The highest BCUT2D eigenvalue weighted by atomic mass is 35.5. The number of hydrogen-bond donors (Lipinski definition) is 1. The molecule has 0 unspecified atom stereocenters. The SMILES string of the molecule is COC(=O)c1ccccc1NC(=O)CN(C1CCCCC1)S(=O)(=O)c1ccc(OC)c(Cl)c1. The largest absolute Gasteiger partial charge is 0.495 e. The monoisotopic (exact) mass is 494 g/mol. The molecule has 178 valence electrons. The fraction of sp³-hybridized carbons (Fsp3) is 0.391. The van der Waals surface area contributed by atoms with E-state index in [4.69, 9.17) is 21.1 Å². The average Bonchev–Trinajstić information content (AvgIpc) is 2.82. The summed E-state index contributed by atoms with van der Waals surface area (Å²) in [6.07, 6.45) is 4.11. The first-order valence-corrected chi connectivity index (χ1v) is 12.4. The van der Waals surface area contributed by atoms with E-state index in [2.05, 4.69) is 5.32 Å². The van der Waals surface area contributed by atoms with Crippen molar-refractivity contribution in [2.24, 2.45) is 0 Å². The van der Waals surface area contributed by atoms with Gasteiger partial charge in [0.25, 0.3) is 0 Å². The van der Waals surface area contributed by atoms with E-state index in [1.807, 2.05) is 0 Å². The Morgan fingerprint density at radius 3 is 2.42 bits per heavy atom. The van der Waals surface area contributed by atoms with Crippen molar-refractivity contribution in [2.75, 3.05) is 26.1 Å². The second kappa shape index (κ2) is 11.0. The first-order valence-electron chi connectivity index (χ1n) is 10.6. The molecule has 0 heterocycles. The minimum absolute atomic E-state index is 0.0124. The van der Waals surface area contributed by atoms with Crippen molar-refractivity contribution < 1.29 is 27.5 Å². The molecule has 8 nitrogen and oxygen atoms in total. The highest BCUT2D eigenvalue weighted by molar-refractivity contribution is 7.89. The van der Waals surface area contributed by atoms with Gasteiger partial charge in [0.1, 0.15) is 5.75 Å². The van der Waals surface area contributed by atoms with Crippen LogP contribution in [0.2, 0.25) is 5.02 Å². The van der Waals surface area contributed by atoms with Gasteiger partial charge in [0.15, 0.2) is 0 Å². The molecule has 0 bridgehead atoms. The molecule has 1 fully saturated rings. The van der Waals surface area contributed by atoms with Crippen LogP contribution < -0.4 is 10.1 Å². The van der Waals surface area contributed by atoms with Gasteiger partial charge < -0.3 is 14.8 Å². The summed E-state index contributed by atoms with van der Waals surface area (Å²) in [7, 11) is -1.33. The predicted molar refractivity (Wildman–Crippen MR) is 125 cm³/mol. The number of para-hydroxylation sites is 1. The van der Waals surface area contributed by atoms with E-state index >= 15 is 0 Å². The summed E-state index contributed by atoms with van der Waals surface area (Å²) >= 11 is 6.17. The second-order valence-corrected chi connectivity index (χ2v) is 10.0. The predicted octanol–water partition coefficient (Wildman–Crippen LogP) is 4.10. The molecule has 0 aromatic heterocycles. The minimum atomic E-state index is -4.03. The van der Waals surface area contributed by atoms with E-state index in [0.717, 1.165) is 19.3 Å². The Kier molecular flexibility index (Phi) is 8.34. The number of methoxy groups -OCH3 is 2. The molecule has 0 radical (unpaired) electrons. The number of esters is 1. The van der Waals surface area contributed by atoms with Gasteiger partial charge in [0.05, 0.1) is 41.9 Å². The van der Waals surface area contributed by atoms with E-state index in [1.165, 1.54) is 42.8 Å². The van der Waals surface area contributed by atoms with Crippen LogP contribution in [0.3, 0.4) is 0 Å². The molecule has 1 aliphatic rings. The standard InChI is InChI=1S/C23H27ClN2O6S/c1-31-21-13-12-17(14-19(21)24)33(29,30)26(16-8-4-3-5-9-16)15-22(27)25-20-11-7-6-10-18(20)23(28)32-2/h6-7,10-14,16H,3-5,8-9,15H2,1-2H3,(H,25,27). The summed E-state index contributed by atoms with van der Waals surface area (Å²) in [5.41, 5.74) is 0.435. The second-order valence-electron chi connectivity index (χ2n) is 7.72. The summed E-state index contributed by atoms with van der Waals surface area (Å²) in [5, 5.41) is 2.82. The van der Waals surface area contributed by atoms with Gasteiger partial charge in [0, 0.05) is 6.04 Å². The summed E-state index contributed by atoms with van der Waals surface area (Å²) in [6.45, 7) is -0.397. The number of carbonyl (C=O) groups excluding carboxylic acids is 2. The zero-order chi connectivity index (χ0) is 24.0. The Hall–Kier alpha value is -2.62. The number of amides is 1. The lowest BCUT2D eigenvalue weighted by molar-refractivity contribution is -0.116. The molecule has 2 aromatic carbocycles. The van der Waals surface area contributed by atoms with Gasteiger partial charge in [-0.1, -0.05) is 43.0 Å². The molecule has 0 atom stereocenters. The topological polar surface area (TPSA) is 102 Å². The highest BCUT2D eigenvalue weighted by Gasteiger charge is 2.34. The quantitative estimate of drug-likeness (QED) is 0.554. The van der Waals surface area contributed by atoms with Crippen molar-refractivity contribution in [3.8, 4) is 5.75 Å². The fourth-order valence-corrected chi connectivity index (χ4v) is 5.92. The van der Waals surface area contributed by atoms with E-state index in [9.17, 15) is 18.0 Å². The van der Waals surface area contributed by atoms with Gasteiger partial charge in [-0.3, -0.25) is 4.79 Å². The lowest BCUT2D eigenvalue weighted by Gasteiger charge is -2.33. The first kappa shape index (κ1) is 25.0. The maximum absolute atomic E-state index is 13.6. The maximum Gasteiger partial charge on any atom is 0.339 e. The van der Waals surface area contributed by atoms with E-state index < -0.39 is 28.4 Å². The molecule has 1 N–H and O–H groups in total. The Morgan fingerprint density at radius 2 is 1.79 bits per heavy atom. The molecule has 2 aromatic rings. The van der Waals surface area contributed by atoms with Crippen LogP contribution in [0.4, 0.5) is 5.69 Å². The fourth-order valence-electron chi connectivity index (χ4n) is 3.93. The Balaban J connectivity index is 1.90. The number of ether oxygens (including phenoxy) is 2. The van der Waals surface area contributed by atoms with Crippen LogP contribution in [-0.2, 0) is 19.6 Å². The summed E-state index contributed by atoms with van der Waals surface area (Å²) < 4.78 is 38.2. The van der Waals surface area contributed by atoms with Crippen LogP contribution in [0, 0.1) is 0 Å². The number of halogens is 1. The number of benzene rings is 2. The lowest BCUT2D eigenvalue weighted by atomic mass is 9.95. The summed E-state index contributed by atoms with van der Waals surface area (Å²) in [5.74, 6) is -0.798. The number of rotatable bonds is 8. The van der Waals surface area contributed by atoms with Crippen molar-refractivity contribution in [3.05, 3.63) is 53.1 Å². The van der Waals surface area contributed by atoms with Crippen LogP contribution in [0.5, 0.6) is 5.75 Å². The molecule has 3 rings (SSSR count). The van der Waals surface area contributed by atoms with Crippen molar-refractivity contribution in [3.63, 3.8) is 0 Å². The zero-order valence-corrected chi connectivity index (χ0v) is 20.1. The van der Waals surface area contributed by atoms with Crippen molar-refractivity contribution in [2.45, 2.75) is 43.0 Å². The third-order valence-electron chi connectivity index (χ3n) is 5.62. The third-order valence-corrected chi connectivity index (χ3v) is 7.81. The Morgan fingerprint density at radius 1 is 1.09 bits per heavy atom. The number of nitrogens with one attached hydrogen (secondary N) is 1. The summed E-state index contributed by atoms with van der Waals surface area (Å²) in [6, 6.07) is 10.3. The number of sulfonamides is 1. The molecule has 33 heavy (non-hydrogen) atoms. The van der Waals surface area contributed by atoms with E-state index in [1.54, 1.807) is 18.2 Å². The van der Waals surface area contributed by atoms with Crippen molar-refractivity contribution >= 4 is 39.2 Å². The normalized spacial score (nSPS) is 14.7. The maximum atomic E-state index is 13.6. The van der Waals surface area contributed by atoms with E-state index in [-0.39, 0.29) is 27.2 Å². The van der Waals surface area contributed by atoms with Crippen LogP contribution in [-0.4, -0.2) is 51.4 Å². The summed E-state index contributed by atoms with van der Waals surface area (Å²) in [4.78, 5) is 25.0. The molecular weight excluding hydrogens is 468 g/mol. The molecule has 1 saturated carbocycles. The third kappa shape index (κ3) is 5.85. The van der Waals surface area contributed by atoms with Gasteiger partial charge in [-0.2, -0.15) is 4.31 Å². The molecule has 1 amide bonds. The van der Waals surface area contributed by atoms with Crippen molar-refractivity contribution in [1.82, 2.24) is 4.31 Å². The zero-order valence-electron chi connectivity index (χ0n) is 18.5. The van der Waals surface area contributed by atoms with Crippen LogP contribution in [0.25, 0.3) is 0 Å². The van der Waals surface area contributed by atoms with Crippen LogP contribution in [0.1, 0.15) is 42.5 Å². The van der Waals surface area contributed by atoms with Crippen LogP contribution >= 0.6 is 11.6 Å². The van der Waals surface area contributed by atoms with Gasteiger partial charge in [-0.05, 0) is 43.2 Å². The Labute approximate surface area is 198 Å². The van der Waals surface area contributed by atoms with E-state index in [0.29, 0.717) is 18.6 Å². The average molecular weight is 495 g/mol. The Bertz CT molecular complexity index is 1120. The number of hydrogen-bond acceptors (Lipinski definition) is 6. The van der Waals surface area contributed by atoms with Gasteiger partial charge >= 0.3 is 5.97 Å². The van der Waals surface area contributed by atoms with Gasteiger partial charge in [-0.25, -0.2) is 13.2 Å². The van der Waals surface area contributed by atoms with Crippen molar-refractivity contribution in [1.29, 1.82) is 0 Å². The first-order chi connectivity index (χ1) is 15.8. The van der Waals surface area contributed by atoms with Crippen LogP contribution in [0.15, 0.2) is 47.4 Å². The molecule has 0 spiro atoms. The minimum Gasteiger partial charge on any atom is -0.495 e. The lowest BCUT2D eigenvalue weighted by Crippen LogP contribution is -2.45. The number of anilines is 1. The molecule has 0 aliphatic heterocycles.